The number of aliphatic carboxylic acids is 1. The lowest BCUT2D eigenvalue weighted by atomic mass is 9.86. The number of amides is 1. The minimum atomic E-state index is -0.873. The predicted molar refractivity (Wildman–Crippen MR) is 155 cm³/mol. The van der Waals surface area contributed by atoms with Gasteiger partial charge in [-0.25, -0.2) is 9.78 Å². The molecular weight excluding hydrogens is 494 g/mol. The molecule has 0 fully saturated rings. The highest BCUT2D eigenvalue weighted by Gasteiger charge is 2.35. The first-order chi connectivity index (χ1) is 18.3. The van der Waals surface area contributed by atoms with Gasteiger partial charge in [-0.3, -0.25) is 4.79 Å². The van der Waals surface area contributed by atoms with E-state index in [1.807, 2.05) is 115 Å². The molecule has 6 nitrogen and oxygen atoms in total. The molecule has 1 aromatic heterocycles. The van der Waals surface area contributed by atoms with Crippen molar-refractivity contribution in [3.05, 3.63) is 90.5 Å². The fourth-order valence-electron chi connectivity index (χ4n) is 4.66. The number of anilines is 1. The summed E-state index contributed by atoms with van der Waals surface area (Å²) in [5.41, 5.74) is 3.14. The average molecular weight is 530 g/mol. The van der Waals surface area contributed by atoms with Gasteiger partial charge in [0.05, 0.1) is 11.0 Å². The van der Waals surface area contributed by atoms with E-state index in [0.29, 0.717) is 30.3 Å². The van der Waals surface area contributed by atoms with E-state index < -0.39 is 17.4 Å². The fourth-order valence-corrected chi connectivity index (χ4v) is 5.63. The number of imidazole rings is 1. The Balaban J connectivity index is 1.48. The molecule has 1 N–H and O–H groups in total. The lowest BCUT2D eigenvalue weighted by molar-refractivity contribution is -0.144. The third-order valence-corrected chi connectivity index (χ3v) is 7.51. The summed E-state index contributed by atoms with van der Waals surface area (Å²) >= 11 is 1.54. The number of carboxylic acids is 1. The molecule has 0 spiro atoms. The molecule has 0 radical (unpaired) electrons. The van der Waals surface area contributed by atoms with Gasteiger partial charge in [-0.15, -0.1) is 0 Å². The average Bonchev–Trinajstić information content (AvgIpc) is 3.25. The number of carboxylic acid groups (broad SMARTS) is 1. The van der Waals surface area contributed by atoms with Crippen LogP contribution < -0.4 is 4.90 Å². The highest BCUT2D eigenvalue weighted by molar-refractivity contribution is 7.99. The van der Waals surface area contributed by atoms with Gasteiger partial charge in [0.2, 0.25) is 5.91 Å². The Morgan fingerprint density at radius 1 is 0.947 bits per heavy atom. The normalized spacial score (nSPS) is 12.4. The van der Waals surface area contributed by atoms with Crippen LogP contribution in [-0.4, -0.2) is 38.8 Å². The third-order valence-electron chi connectivity index (χ3n) is 6.47. The van der Waals surface area contributed by atoms with Crippen molar-refractivity contribution in [2.45, 2.75) is 51.2 Å². The number of nitrogens with zero attached hydrogens (tertiary/aromatic N) is 3. The van der Waals surface area contributed by atoms with Crippen LogP contribution in [0.25, 0.3) is 11.0 Å². The molecule has 0 aliphatic carbocycles. The minimum absolute atomic E-state index is 0.0935. The maximum absolute atomic E-state index is 13.3. The first-order valence-electron chi connectivity index (χ1n) is 13.0. The van der Waals surface area contributed by atoms with Crippen molar-refractivity contribution < 1.29 is 14.7 Å². The van der Waals surface area contributed by atoms with Crippen molar-refractivity contribution >= 4 is 40.4 Å². The van der Waals surface area contributed by atoms with Crippen molar-refractivity contribution in [1.82, 2.24) is 9.55 Å². The van der Waals surface area contributed by atoms with Crippen LogP contribution in [0, 0.1) is 5.41 Å². The standard InChI is InChI=1S/C31H35N3O3S/c1-31(2,3)28(29(36)37)34-26-18-11-10-17-25(26)32-30(34)38-22-12-21-33(24-15-8-5-9-16-24)27(35)20-19-23-13-6-4-7-14-23/h4-11,13-18,28H,12,19-22H2,1-3H3,(H,36,37). The van der Waals surface area contributed by atoms with Crippen LogP contribution in [-0.2, 0) is 16.0 Å². The molecule has 0 saturated carbocycles. The predicted octanol–water partition coefficient (Wildman–Crippen LogP) is 6.86. The zero-order valence-corrected chi connectivity index (χ0v) is 23.0. The lowest BCUT2D eigenvalue weighted by Gasteiger charge is -2.30. The Morgan fingerprint density at radius 2 is 1.58 bits per heavy atom. The summed E-state index contributed by atoms with van der Waals surface area (Å²) in [5, 5.41) is 10.8. The molecule has 0 aliphatic heterocycles. The van der Waals surface area contributed by atoms with Gasteiger partial charge in [-0.1, -0.05) is 93.2 Å². The molecule has 1 unspecified atom stereocenters. The molecule has 3 aromatic carbocycles. The number of hydrogen-bond acceptors (Lipinski definition) is 4. The second kappa shape index (κ2) is 12.3. The van der Waals surface area contributed by atoms with Gasteiger partial charge in [-0.2, -0.15) is 0 Å². The van der Waals surface area contributed by atoms with Crippen LogP contribution in [0.15, 0.2) is 90.1 Å². The van der Waals surface area contributed by atoms with E-state index >= 15 is 0 Å². The van der Waals surface area contributed by atoms with E-state index in [2.05, 4.69) is 0 Å². The highest BCUT2D eigenvalue weighted by atomic mass is 32.2. The van der Waals surface area contributed by atoms with Gasteiger partial charge in [0.1, 0.15) is 6.04 Å². The van der Waals surface area contributed by atoms with E-state index in [1.54, 1.807) is 11.8 Å². The summed E-state index contributed by atoms with van der Waals surface area (Å²) in [6, 6.07) is 26.8. The summed E-state index contributed by atoms with van der Waals surface area (Å²) < 4.78 is 1.86. The van der Waals surface area contributed by atoms with E-state index in [-0.39, 0.29) is 5.91 Å². The summed E-state index contributed by atoms with van der Waals surface area (Å²) in [7, 11) is 0. The zero-order valence-electron chi connectivity index (χ0n) is 22.2. The van der Waals surface area contributed by atoms with Crippen molar-refractivity contribution in [3.8, 4) is 0 Å². The SMILES string of the molecule is CC(C)(C)C(C(=O)O)n1c(SCCCN(C(=O)CCc2ccccc2)c2ccccc2)nc2ccccc21. The summed E-state index contributed by atoms with van der Waals surface area (Å²) in [6.45, 7) is 6.39. The quantitative estimate of drug-likeness (QED) is 0.170. The molecule has 1 atom stereocenters. The Morgan fingerprint density at radius 3 is 2.24 bits per heavy atom. The monoisotopic (exact) mass is 529 g/mol. The first-order valence-corrected chi connectivity index (χ1v) is 14.0. The molecule has 4 rings (SSSR count). The maximum atomic E-state index is 13.3. The van der Waals surface area contributed by atoms with Crippen LogP contribution in [0.4, 0.5) is 5.69 Å². The molecule has 1 heterocycles. The number of aromatic nitrogens is 2. The second-order valence-corrected chi connectivity index (χ2v) is 11.5. The number of rotatable bonds is 11. The van der Waals surface area contributed by atoms with Crippen LogP contribution in [0.3, 0.4) is 0 Å². The lowest BCUT2D eigenvalue weighted by Crippen LogP contribution is -2.32. The van der Waals surface area contributed by atoms with Crippen molar-refractivity contribution in [1.29, 1.82) is 0 Å². The van der Waals surface area contributed by atoms with Crippen molar-refractivity contribution in [2.75, 3.05) is 17.2 Å². The topological polar surface area (TPSA) is 75.4 Å². The number of carbonyl (C=O) groups is 2. The fraction of sp³-hybridized carbons (Fsp3) is 0.323. The molecule has 38 heavy (non-hydrogen) atoms. The third kappa shape index (κ3) is 6.64. The number of carbonyl (C=O) groups excluding carboxylic acids is 1. The van der Waals surface area contributed by atoms with Crippen LogP contribution in [0.2, 0.25) is 0 Å². The van der Waals surface area contributed by atoms with E-state index in [9.17, 15) is 14.7 Å². The van der Waals surface area contributed by atoms with Gasteiger partial charge in [0, 0.05) is 24.4 Å². The van der Waals surface area contributed by atoms with Gasteiger partial charge < -0.3 is 14.6 Å². The zero-order chi connectivity index (χ0) is 27.1. The minimum Gasteiger partial charge on any atom is -0.480 e. The van der Waals surface area contributed by atoms with Crippen LogP contribution in [0.1, 0.15) is 45.2 Å². The Kier molecular flexibility index (Phi) is 8.89. The largest absolute Gasteiger partial charge is 0.480 e. The molecule has 1 amide bonds. The smallest absolute Gasteiger partial charge is 0.327 e. The number of benzene rings is 3. The number of fused-ring (bicyclic) bond motifs is 1. The molecule has 0 saturated heterocycles. The Hall–Kier alpha value is -3.58. The maximum Gasteiger partial charge on any atom is 0.327 e. The summed E-state index contributed by atoms with van der Waals surface area (Å²) in [4.78, 5) is 32.3. The van der Waals surface area contributed by atoms with Crippen molar-refractivity contribution in [3.63, 3.8) is 0 Å². The van der Waals surface area contributed by atoms with E-state index in [0.717, 1.165) is 28.7 Å². The first kappa shape index (κ1) is 27.5. The molecule has 0 bridgehead atoms. The second-order valence-electron chi connectivity index (χ2n) is 10.4. The van der Waals surface area contributed by atoms with E-state index in [4.69, 9.17) is 4.98 Å². The van der Waals surface area contributed by atoms with Gasteiger partial charge in [0.25, 0.3) is 0 Å². The Bertz CT molecular complexity index is 1360. The number of hydrogen-bond donors (Lipinski definition) is 1. The molecule has 0 aliphatic rings. The molecule has 4 aromatic rings. The summed E-state index contributed by atoms with van der Waals surface area (Å²) in [6.07, 6.45) is 1.88. The summed E-state index contributed by atoms with van der Waals surface area (Å²) in [5.74, 6) is -0.0764. The highest BCUT2D eigenvalue weighted by Crippen LogP contribution is 2.37. The molecular formula is C31H35N3O3S. The Labute approximate surface area is 228 Å². The molecule has 198 valence electrons. The number of para-hydroxylation sites is 3. The van der Waals surface area contributed by atoms with Gasteiger partial charge in [-0.05, 0) is 48.1 Å². The van der Waals surface area contributed by atoms with Crippen LogP contribution in [0.5, 0.6) is 0 Å². The number of aryl methyl sites for hydroxylation is 1. The van der Waals surface area contributed by atoms with Gasteiger partial charge >= 0.3 is 5.97 Å². The van der Waals surface area contributed by atoms with Gasteiger partial charge in [0.15, 0.2) is 5.16 Å². The van der Waals surface area contributed by atoms with Crippen molar-refractivity contribution in [2.24, 2.45) is 5.41 Å². The van der Waals surface area contributed by atoms with E-state index in [1.165, 1.54) is 0 Å². The molecule has 7 heteroatoms. The van der Waals surface area contributed by atoms with Crippen LogP contribution >= 0.6 is 11.8 Å². The number of thioether (sulfide) groups is 1.